The minimum atomic E-state index is -0.750. The van der Waals surface area contributed by atoms with Crippen LogP contribution in [0, 0.1) is 6.92 Å². The number of morpholine rings is 1. The SMILES string of the molecule is COc1ccc([C@@H](CC(=O)N2CCOCC2)c2oc(C)cc(=O)c2O)cc1O. The van der Waals surface area contributed by atoms with Gasteiger partial charge in [-0.1, -0.05) is 6.07 Å². The van der Waals surface area contributed by atoms with Crippen molar-refractivity contribution in [1.29, 1.82) is 0 Å². The molecule has 1 saturated heterocycles. The van der Waals surface area contributed by atoms with Crippen molar-refractivity contribution in [1.82, 2.24) is 4.90 Å². The fraction of sp³-hybridized carbons (Fsp3) is 0.400. The fourth-order valence-electron chi connectivity index (χ4n) is 3.26. The highest BCUT2D eigenvalue weighted by Gasteiger charge is 2.29. The Morgan fingerprint density at radius 1 is 1.25 bits per heavy atom. The second kappa shape index (κ2) is 8.35. The third-order valence-electron chi connectivity index (χ3n) is 4.74. The molecule has 2 heterocycles. The van der Waals surface area contributed by atoms with E-state index in [4.69, 9.17) is 13.9 Å². The molecule has 150 valence electrons. The van der Waals surface area contributed by atoms with Crippen LogP contribution in [-0.2, 0) is 9.53 Å². The number of aromatic hydroxyl groups is 2. The number of hydrogen-bond donors (Lipinski definition) is 2. The maximum atomic E-state index is 12.8. The number of hydrogen-bond acceptors (Lipinski definition) is 7. The fourth-order valence-corrected chi connectivity index (χ4v) is 3.26. The van der Waals surface area contributed by atoms with Gasteiger partial charge in [-0.2, -0.15) is 0 Å². The van der Waals surface area contributed by atoms with E-state index in [9.17, 15) is 19.8 Å². The molecule has 1 aromatic carbocycles. The van der Waals surface area contributed by atoms with Crippen LogP contribution in [0.5, 0.6) is 17.2 Å². The maximum absolute atomic E-state index is 12.8. The van der Waals surface area contributed by atoms with Crippen molar-refractivity contribution < 1.29 is 28.9 Å². The zero-order valence-corrected chi connectivity index (χ0v) is 15.8. The van der Waals surface area contributed by atoms with Crippen LogP contribution >= 0.6 is 0 Å². The number of benzene rings is 1. The molecule has 2 N–H and O–H groups in total. The minimum Gasteiger partial charge on any atom is -0.504 e. The van der Waals surface area contributed by atoms with Crippen LogP contribution in [-0.4, -0.2) is 54.4 Å². The van der Waals surface area contributed by atoms with Crippen molar-refractivity contribution in [3.8, 4) is 17.2 Å². The molecule has 1 aliphatic rings. The van der Waals surface area contributed by atoms with Crippen LogP contribution in [0.1, 0.15) is 29.4 Å². The van der Waals surface area contributed by atoms with Gasteiger partial charge in [0.2, 0.25) is 17.1 Å². The summed E-state index contributed by atoms with van der Waals surface area (Å²) in [6.45, 7) is 3.47. The van der Waals surface area contributed by atoms with Gasteiger partial charge in [-0.15, -0.1) is 0 Å². The van der Waals surface area contributed by atoms with Gasteiger partial charge in [0, 0.05) is 25.6 Å². The number of phenolic OH excluding ortho intramolecular Hbond substituents is 1. The van der Waals surface area contributed by atoms with Gasteiger partial charge in [0.15, 0.2) is 17.3 Å². The molecule has 1 fully saturated rings. The quantitative estimate of drug-likeness (QED) is 0.802. The van der Waals surface area contributed by atoms with Gasteiger partial charge in [0.05, 0.1) is 26.2 Å². The highest BCUT2D eigenvalue weighted by atomic mass is 16.5. The molecule has 2 aromatic rings. The van der Waals surface area contributed by atoms with Crippen molar-refractivity contribution in [2.45, 2.75) is 19.3 Å². The zero-order chi connectivity index (χ0) is 20.3. The number of amides is 1. The first-order valence-corrected chi connectivity index (χ1v) is 8.96. The Hall–Kier alpha value is -3.00. The summed E-state index contributed by atoms with van der Waals surface area (Å²) in [7, 11) is 1.43. The Bertz CT molecular complexity index is 915. The average Bonchev–Trinajstić information content (AvgIpc) is 2.69. The van der Waals surface area contributed by atoms with E-state index < -0.39 is 17.1 Å². The molecular weight excluding hydrogens is 366 g/mol. The predicted octanol–water partition coefficient (Wildman–Crippen LogP) is 1.75. The van der Waals surface area contributed by atoms with E-state index in [0.29, 0.717) is 37.6 Å². The van der Waals surface area contributed by atoms with Gasteiger partial charge >= 0.3 is 0 Å². The molecule has 1 aromatic heterocycles. The lowest BCUT2D eigenvalue weighted by molar-refractivity contribution is -0.135. The molecule has 0 spiro atoms. The van der Waals surface area contributed by atoms with Crippen LogP contribution in [0.4, 0.5) is 0 Å². The summed E-state index contributed by atoms with van der Waals surface area (Å²) in [5.74, 6) is -0.974. The Morgan fingerprint density at radius 3 is 2.61 bits per heavy atom. The van der Waals surface area contributed by atoms with Crippen molar-refractivity contribution in [2.75, 3.05) is 33.4 Å². The molecule has 0 bridgehead atoms. The van der Waals surface area contributed by atoms with Crippen molar-refractivity contribution in [2.24, 2.45) is 0 Å². The molecule has 8 heteroatoms. The smallest absolute Gasteiger partial charge is 0.227 e. The lowest BCUT2D eigenvalue weighted by Crippen LogP contribution is -2.41. The predicted molar refractivity (Wildman–Crippen MR) is 99.9 cm³/mol. The largest absolute Gasteiger partial charge is 0.504 e. The molecular formula is C20H23NO7. The number of aryl methyl sites for hydroxylation is 1. The first kappa shape index (κ1) is 19.8. The summed E-state index contributed by atoms with van der Waals surface area (Å²) in [6.07, 6.45) is -0.0360. The summed E-state index contributed by atoms with van der Waals surface area (Å²) >= 11 is 0. The number of rotatable bonds is 5. The third-order valence-corrected chi connectivity index (χ3v) is 4.74. The lowest BCUT2D eigenvalue weighted by Gasteiger charge is -2.28. The first-order chi connectivity index (χ1) is 13.4. The van der Waals surface area contributed by atoms with Crippen LogP contribution in [0.3, 0.4) is 0 Å². The second-order valence-corrected chi connectivity index (χ2v) is 6.62. The minimum absolute atomic E-state index is 0.00354. The van der Waals surface area contributed by atoms with Crippen LogP contribution in [0.15, 0.2) is 33.5 Å². The standard InChI is InChI=1S/C20H23NO7/c1-12-9-16(23)19(25)20(28-12)14(11-18(24)21-5-7-27-8-6-21)13-3-4-17(26-2)15(22)10-13/h3-4,9-10,14,22,25H,5-8,11H2,1-2H3/t14-/m1/s1. The van der Waals surface area contributed by atoms with E-state index in [2.05, 4.69) is 0 Å². The molecule has 1 amide bonds. The highest BCUT2D eigenvalue weighted by Crippen LogP contribution is 2.37. The molecule has 0 saturated carbocycles. The Balaban J connectivity index is 2.02. The van der Waals surface area contributed by atoms with E-state index in [1.54, 1.807) is 24.0 Å². The van der Waals surface area contributed by atoms with E-state index in [1.807, 2.05) is 0 Å². The monoisotopic (exact) mass is 389 g/mol. The summed E-state index contributed by atoms with van der Waals surface area (Å²) < 4.78 is 16.0. The first-order valence-electron chi connectivity index (χ1n) is 8.96. The number of methoxy groups -OCH3 is 1. The number of nitrogens with zero attached hydrogens (tertiary/aromatic N) is 1. The van der Waals surface area contributed by atoms with E-state index in [0.717, 1.165) is 0 Å². The van der Waals surface area contributed by atoms with Gasteiger partial charge in [0.1, 0.15) is 5.76 Å². The van der Waals surface area contributed by atoms with Crippen LogP contribution in [0.25, 0.3) is 0 Å². The molecule has 0 unspecified atom stereocenters. The van der Waals surface area contributed by atoms with Gasteiger partial charge in [-0.25, -0.2) is 0 Å². The van der Waals surface area contributed by atoms with E-state index >= 15 is 0 Å². The van der Waals surface area contributed by atoms with E-state index in [1.165, 1.54) is 19.2 Å². The maximum Gasteiger partial charge on any atom is 0.227 e. The number of ether oxygens (including phenoxy) is 2. The molecule has 0 aliphatic carbocycles. The summed E-state index contributed by atoms with van der Waals surface area (Å²) in [5.41, 5.74) is -0.0655. The van der Waals surface area contributed by atoms with E-state index in [-0.39, 0.29) is 29.6 Å². The van der Waals surface area contributed by atoms with Gasteiger partial charge in [0.25, 0.3) is 0 Å². The third kappa shape index (κ3) is 4.12. The second-order valence-electron chi connectivity index (χ2n) is 6.62. The van der Waals surface area contributed by atoms with Crippen molar-refractivity contribution in [3.05, 3.63) is 51.6 Å². The zero-order valence-electron chi connectivity index (χ0n) is 15.8. The van der Waals surface area contributed by atoms with Gasteiger partial charge in [-0.3, -0.25) is 9.59 Å². The molecule has 28 heavy (non-hydrogen) atoms. The Kier molecular flexibility index (Phi) is 5.89. The number of carbonyl (C=O) groups is 1. The van der Waals surface area contributed by atoms with Crippen molar-refractivity contribution in [3.63, 3.8) is 0 Å². The summed E-state index contributed by atoms with van der Waals surface area (Å²) in [4.78, 5) is 26.6. The molecule has 8 nitrogen and oxygen atoms in total. The molecule has 1 atom stereocenters. The molecule has 0 radical (unpaired) electrons. The Labute approximate surface area is 161 Å². The average molecular weight is 389 g/mol. The number of phenols is 1. The molecule has 3 rings (SSSR count). The van der Waals surface area contributed by atoms with Gasteiger partial charge in [-0.05, 0) is 24.6 Å². The topological polar surface area (TPSA) is 109 Å². The summed E-state index contributed by atoms with van der Waals surface area (Å²) in [5, 5.41) is 20.5. The molecule has 1 aliphatic heterocycles. The lowest BCUT2D eigenvalue weighted by atomic mass is 9.91. The summed E-state index contributed by atoms with van der Waals surface area (Å²) in [6, 6.07) is 5.85. The highest BCUT2D eigenvalue weighted by molar-refractivity contribution is 5.78. The van der Waals surface area contributed by atoms with Crippen molar-refractivity contribution >= 4 is 5.91 Å². The number of carbonyl (C=O) groups excluding carboxylic acids is 1. The van der Waals surface area contributed by atoms with Crippen LogP contribution < -0.4 is 10.2 Å². The normalized spacial score (nSPS) is 15.3. The van der Waals surface area contributed by atoms with Crippen LogP contribution in [0.2, 0.25) is 0 Å². The Morgan fingerprint density at radius 2 is 1.96 bits per heavy atom. The van der Waals surface area contributed by atoms with Gasteiger partial charge < -0.3 is 29.0 Å².